The van der Waals surface area contributed by atoms with Crippen molar-refractivity contribution in [1.29, 1.82) is 5.26 Å². The first-order valence-electron chi connectivity index (χ1n) is 7.41. The molecule has 0 unspecified atom stereocenters. The Kier molecular flexibility index (Phi) is 4.12. The number of fused-ring (bicyclic) bond motifs is 1. The van der Waals surface area contributed by atoms with Crippen LogP contribution in [-0.4, -0.2) is 27.6 Å². The summed E-state index contributed by atoms with van der Waals surface area (Å²) in [6, 6.07) is 8.96. The zero-order valence-electron chi connectivity index (χ0n) is 13.6. The monoisotopic (exact) mass is 337 g/mol. The number of hydrogen-bond donors (Lipinski definition) is 0. The van der Waals surface area contributed by atoms with Crippen molar-refractivity contribution in [3.05, 3.63) is 57.8 Å². The van der Waals surface area contributed by atoms with Gasteiger partial charge in [-0.25, -0.2) is 4.98 Å². The van der Waals surface area contributed by atoms with E-state index >= 15 is 0 Å². The average Bonchev–Trinajstić information content (AvgIpc) is 2.82. The van der Waals surface area contributed by atoms with Crippen LogP contribution in [0.5, 0.6) is 0 Å². The molecule has 2 amide bonds. The summed E-state index contributed by atoms with van der Waals surface area (Å²) in [5.74, 6) is -0.472. The van der Waals surface area contributed by atoms with Crippen LogP contribution < -0.4 is 0 Å². The van der Waals surface area contributed by atoms with Crippen molar-refractivity contribution in [2.75, 3.05) is 5.88 Å². The summed E-state index contributed by atoms with van der Waals surface area (Å²) in [6.45, 7) is 5.70. The molecule has 2 heterocycles. The maximum Gasteiger partial charge on any atom is 0.262 e. The summed E-state index contributed by atoms with van der Waals surface area (Å²) in [7, 11) is 0. The van der Waals surface area contributed by atoms with Crippen molar-refractivity contribution in [3.63, 3.8) is 0 Å². The second-order valence-corrected chi connectivity index (χ2v) is 6.53. The first-order chi connectivity index (χ1) is 11.5. The molecule has 6 heteroatoms. The fraction of sp³-hybridized carbons (Fsp3) is 0.222. The number of thioether (sulfide) groups is 1. The molecule has 120 valence electrons. The standard InChI is InChI=1S/C18H15N3O2S/c1-10-11(2)15(8-19)16(20-12(10)3)24-9-21-17(22)13-6-4-5-7-14(13)18(21)23/h4-7H,9H2,1-3H3. The Hall–Kier alpha value is -2.65. The molecule has 1 aromatic carbocycles. The molecule has 1 aliphatic rings. The molecule has 24 heavy (non-hydrogen) atoms. The van der Waals surface area contributed by atoms with Crippen molar-refractivity contribution >= 4 is 23.6 Å². The van der Waals surface area contributed by atoms with Crippen LogP contribution in [0, 0.1) is 32.1 Å². The lowest BCUT2D eigenvalue weighted by molar-refractivity contribution is 0.0684. The number of rotatable bonds is 3. The Bertz CT molecular complexity index is 880. The second-order valence-electron chi connectivity index (χ2n) is 5.60. The average molecular weight is 337 g/mol. The molecule has 0 atom stereocenters. The van der Waals surface area contributed by atoms with Gasteiger partial charge in [-0.3, -0.25) is 14.5 Å². The fourth-order valence-electron chi connectivity index (χ4n) is 2.63. The summed E-state index contributed by atoms with van der Waals surface area (Å²) < 4.78 is 0. The van der Waals surface area contributed by atoms with Gasteiger partial charge in [0.2, 0.25) is 0 Å². The predicted molar refractivity (Wildman–Crippen MR) is 90.8 cm³/mol. The summed E-state index contributed by atoms with van der Waals surface area (Å²) in [4.78, 5) is 30.4. The third-order valence-electron chi connectivity index (χ3n) is 4.28. The van der Waals surface area contributed by atoms with Gasteiger partial charge in [-0.1, -0.05) is 23.9 Å². The lowest BCUT2D eigenvalue weighted by Gasteiger charge is -2.15. The van der Waals surface area contributed by atoms with Gasteiger partial charge >= 0.3 is 0 Å². The third kappa shape index (κ3) is 2.47. The van der Waals surface area contributed by atoms with Crippen molar-refractivity contribution in [2.45, 2.75) is 25.8 Å². The number of nitriles is 1. The number of carbonyl (C=O) groups is 2. The van der Waals surface area contributed by atoms with Crippen molar-refractivity contribution in [3.8, 4) is 6.07 Å². The smallest absolute Gasteiger partial charge is 0.262 e. The Balaban J connectivity index is 1.87. The number of aromatic nitrogens is 1. The van der Waals surface area contributed by atoms with Gasteiger partial charge in [0.15, 0.2) is 0 Å². The lowest BCUT2D eigenvalue weighted by Crippen LogP contribution is -2.29. The number of nitrogens with zero attached hydrogens (tertiary/aromatic N) is 3. The first kappa shape index (κ1) is 16.2. The van der Waals surface area contributed by atoms with Gasteiger partial charge in [-0.15, -0.1) is 0 Å². The molecule has 0 fully saturated rings. The Morgan fingerprint density at radius 2 is 1.67 bits per heavy atom. The number of carbonyl (C=O) groups excluding carboxylic acids is 2. The van der Waals surface area contributed by atoms with E-state index in [4.69, 9.17) is 0 Å². The Morgan fingerprint density at radius 1 is 1.08 bits per heavy atom. The van der Waals surface area contributed by atoms with E-state index in [0.29, 0.717) is 21.7 Å². The van der Waals surface area contributed by atoms with E-state index in [2.05, 4.69) is 11.1 Å². The molecule has 1 aromatic heterocycles. The quantitative estimate of drug-likeness (QED) is 0.635. The molecule has 0 saturated heterocycles. The molecule has 0 aliphatic carbocycles. The van der Waals surface area contributed by atoms with Crippen LogP contribution in [-0.2, 0) is 0 Å². The number of amides is 2. The highest BCUT2D eigenvalue weighted by atomic mass is 32.2. The van der Waals surface area contributed by atoms with E-state index in [9.17, 15) is 14.9 Å². The van der Waals surface area contributed by atoms with Crippen LogP contribution >= 0.6 is 11.8 Å². The molecule has 0 saturated carbocycles. The van der Waals surface area contributed by atoms with Crippen molar-refractivity contribution in [1.82, 2.24) is 9.88 Å². The molecule has 5 nitrogen and oxygen atoms in total. The zero-order valence-corrected chi connectivity index (χ0v) is 14.4. The molecular weight excluding hydrogens is 322 g/mol. The summed E-state index contributed by atoms with van der Waals surface area (Å²) in [6.07, 6.45) is 0. The second kappa shape index (κ2) is 6.10. The van der Waals surface area contributed by atoms with Gasteiger partial charge in [0, 0.05) is 5.69 Å². The lowest BCUT2D eigenvalue weighted by atomic mass is 10.1. The van der Waals surface area contributed by atoms with Crippen LogP contribution in [0.3, 0.4) is 0 Å². The van der Waals surface area contributed by atoms with Gasteiger partial charge in [0.1, 0.15) is 11.1 Å². The van der Waals surface area contributed by atoms with Gasteiger partial charge in [0.25, 0.3) is 11.8 Å². The zero-order chi connectivity index (χ0) is 17.4. The Labute approximate surface area is 144 Å². The van der Waals surface area contributed by atoms with Gasteiger partial charge < -0.3 is 0 Å². The summed E-state index contributed by atoms with van der Waals surface area (Å²) in [5, 5.41) is 9.95. The maximum atomic E-state index is 12.4. The van der Waals surface area contributed by atoms with E-state index in [1.54, 1.807) is 24.3 Å². The SMILES string of the molecule is Cc1nc(SCN2C(=O)c3ccccc3C2=O)c(C#N)c(C)c1C. The minimum absolute atomic E-state index is 0.135. The molecule has 3 rings (SSSR count). The van der Waals surface area contributed by atoms with E-state index in [0.717, 1.165) is 16.8 Å². The summed E-state index contributed by atoms with van der Waals surface area (Å²) >= 11 is 1.23. The molecule has 0 bridgehead atoms. The fourth-order valence-corrected chi connectivity index (χ4v) is 3.66. The van der Waals surface area contributed by atoms with Crippen LogP contribution in [0.2, 0.25) is 0 Å². The van der Waals surface area contributed by atoms with Gasteiger partial charge in [0.05, 0.1) is 22.6 Å². The van der Waals surface area contributed by atoms with Crippen LogP contribution in [0.15, 0.2) is 29.3 Å². The van der Waals surface area contributed by atoms with E-state index in [1.807, 2.05) is 20.8 Å². The van der Waals surface area contributed by atoms with E-state index < -0.39 is 0 Å². The molecule has 0 radical (unpaired) electrons. The highest BCUT2D eigenvalue weighted by molar-refractivity contribution is 7.99. The summed E-state index contributed by atoms with van der Waals surface area (Å²) in [5.41, 5.74) is 4.06. The maximum absolute atomic E-state index is 12.4. The normalized spacial score (nSPS) is 13.2. The number of imide groups is 1. The minimum atomic E-state index is -0.304. The first-order valence-corrected chi connectivity index (χ1v) is 8.40. The van der Waals surface area contributed by atoms with Crippen molar-refractivity contribution in [2.24, 2.45) is 0 Å². The number of benzene rings is 1. The predicted octanol–water partition coefficient (Wildman–Crippen LogP) is 3.22. The Morgan fingerprint density at radius 3 is 2.21 bits per heavy atom. The number of pyridine rings is 1. The highest BCUT2D eigenvalue weighted by Crippen LogP contribution is 2.30. The third-order valence-corrected chi connectivity index (χ3v) is 5.24. The van der Waals surface area contributed by atoms with Crippen LogP contribution in [0.4, 0.5) is 0 Å². The topological polar surface area (TPSA) is 74.1 Å². The highest BCUT2D eigenvalue weighted by Gasteiger charge is 2.35. The van der Waals surface area contributed by atoms with Crippen molar-refractivity contribution < 1.29 is 9.59 Å². The number of hydrogen-bond acceptors (Lipinski definition) is 5. The van der Waals surface area contributed by atoms with E-state index in [-0.39, 0.29) is 17.7 Å². The molecule has 0 spiro atoms. The van der Waals surface area contributed by atoms with Crippen LogP contribution in [0.1, 0.15) is 43.1 Å². The molecule has 1 aliphatic heterocycles. The van der Waals surface area contributed by atoms with E-state index in [1.165, 1.54) is 16.7 Å². The molecule has 0 N–H and O–H groups in total. The van der Waals surface area contributed by atoms with Crippen LogP contribution in [0.25, 0.3) is 0 Å². The largest absolute Gasteiger partial charge is 0.269 e. The van der Waals surface area contributed by atoms with Gasteiger partial charge in [-0.2, -0.15) is 5.26 Å². The van der Waals surface area contributed by atoms with Gasteiger partial charge in [-0.05, 0) is 44.0 Å². The molecular formula is C18H15N3O2S. The number of aryl methyl sites for hydroxylation is 1. The minimum Gasteiger partial charge on any atom is -0.269 e. The molecule has 2 aromatic rings.